The van der Waals surface area contributed by atoms with Crippen molar-refractivity contribution in [3.63, 3.8) is 0 Å². The molecule has 2 amide bonds. The molecule has 2 atom stereocenters. The zero-order chi connectivity index (χ0) is 17.0. The van der Waals surface area contributed by atoms with Crippen LogP contribution in [0.4, 0.5) is 0 Å². The zero-order valence-electron chi connectivity index (χ0n) is 14.0. The van der Waals surface area contributed by atoms with Crippen LogP contribution < -0.4 is 11.1 Å². The molecule has 3 N–H and O–H groups in total. The van der Waals surface area contributed by atoms with Crippen molar-refractivity contribution in [1.82, 2.24) is 20.2 Å². The number of hydrogen-bond acceptors (Lipinski definition) is 5. The Balaban J connectivity index is 1.85. The van der Waals surface area contributed by atoms with Gasteiger partial charge in [-0.3, -0.25) is 14.6 Å². The Hall–Kier alpha value is -2.02. The van der Waals surface area contributed by atoms with Crippen LogP contribution in [-0.4, -0.2) is 51.9 Å². The summed E-state index contributed by atoms with van der Waals surface area (Å²) in [7, 11) is 0. The van der Waals surface area contributed by atoms with Gasteiger partial charge in [0.15, 0.2) is 0 Å². The molecule has 1 aliphatic heterocycles. The topological polar surface area (TPSA) is 101 Å². The fraction of sp³-hybridized carbons (Fsp3) is 0.625. The van der Waals surface area contributed by atoms with E-state index in [1.54, 1.807) is 18.0 Å². The van der Waals surface area contributed by atoms with Crippen LogP contribution in [0.15, 0.2) is 12.4 Å². The molecule has 0 saturated carbocycles. The molecule has 7 heteroatoms. The maximum Gasteiger partial charge on any atom is 0.271 e. The Morgan fingerprint density at radius 1 is 1.26 bits per heavy atom. The molecule has 0 aliphatic carbocycles. The Morgan fingerprint density at radius 2 is 1.91 bits per heavy atom. The summed E-state index contributed by atoms with van der Waals surface area (Å²) in [6, 6.07) is -0.429. The standard InChI is InChI=1S/C16H25N5O2/c1-10-8-19-14(9-18-10)15(22)20-12(3)13-4-6-21(7-5-13)16(23)11(2)17/h8-9,11-13H,4-7,17H2,1-3H3,(H,20,22). The highest BCUT2D eigenvalue weighted by Gasteiger charge is 2.28. The summed E-state index contributed by atoms with van der Waals surface area (Å²) in [4.78, 5) is 34.0. The molecule has 126 valence electrons. The van der Waals surface area contributed by atoms with Crippen LogP contribution in [0.1, 0.15) is 42.9 Å². The van der Waals surface area contributed by atoms with Gasteiger partial charge >= 0.3 is 0 Å². The second kappa shape index (κ2) is 7.50. The van der Waals surface area contributed by atoms with Crippen LogP contribution in [0.25, 0.3) is 0 Å². The quantitative estimate of drug-likeness (QED) is 0.841. The normalized spacial score (nSPS) is 18.3. The van der Waals surface area contributed by atoms with Crippen LogP contribution in [0, 0.1) is 12.8 Å². The van der Waals surface area contributed by atoms with Crippen molar-refractivity contribution in [3.05, 3.63) is 23.8 Å². The molecule has 1 aromatic rings. The van der Waals surface area contributed by atoms with Gasteiger partial charge in [-0.2, -0.15) is 0 Å². The molecule has 1 fully saturated rings. The molecule has 2 rings (SSSR count). The van der Waals surface area contributed by atoms with Gasteiger partial charge < -0.3 is 16.0 Å². The van der Waals surface area contributed by atoms with Gasteiger partial charge in [0, 0.05) is 25.3 Å². The minimum Gasteiger partial charge on any atom is -0.348 e. The number of carbonyl (C=O) groups is 2. The number of aromatic nitrogens is 2. The number of piperidine rings is 1. The molecule has 2 heterocycles. The third-order valence-electron chi connectivity index (χ3n) is 4.32. The number of rotatable bonds is 4. The van der Waals surface area contributed by atoms with Crippen LogP contribution >= 0.6 is 0 Å². The van der Waals surface area contributed by atoms with Crippen LogP contribution in [0.3, 0.4) is 0 Å². The van der Waals surface area contributed by atoms with E-state index in [-0.39, 0.29) is 17.9 Å². The predicted octanol–water partition coefficient (Wildman–Crippen LogP) is 0.489. The number of nitrogens with zero attached hydrogens (tertiary/aromatic N) is 3. The molecule has 0 aromatic carbocycles. The van der Waals surface area contributed by atoms with E-state index in [4.69, 9.17) is 5.73 Å². The summed E-state index contributed by atoms with van der Waals surface area (Å²) in [6.45, 7) is 6.91. The summed E-state index contributed by atoms with van der Waals surface area (Å²) < 4.78 is 0. The van der Waals surface area contributed by atoms with Gasteiger partial charge in [-0.15, -0.1) is 0 Å². The Kier molecular flexibility index (Phi) is 5.65. The molecule has 0 bridgehead atoms. The van der Waals surface area contributed by atoms with E-state index in [0.29, 0.717) is 24.7 Å². The van der Waals surface area contributed by atoms with Crippen molar-refractivity contribution in [2.45, 2.75) is 45.7 Å². The molecule has 7 nitrogen and oxygen atoms in total. The maximum atomic E-state index is 12.2. The first-order chi connectivity index (χ1) is 10.9. The number of nitrogens with two attached hydrogens (primary N) is 1. The lowest BCUT2D eigenvalue weighted by molar-refractivity contribution is -0.133. The number of nitrogens with one attached hydrogen (secondary N) is 1. The van der Waals surface area contributed by atoms with E-state index in [1.807, 2.05) is 13.8 Å². The molecule has 1 aromatic heterocycles. The first-order valence-corrected chi connectivity index (χ1v) is 8.02. The first-order valence-electron chi connectivity index (χ1n) is 8.02. The molecule has 0 radical (unpaired) electrons. The van der Waals surface area contributed by atoms with Gasteiger partial charge in [-0.05, 0) is 39.5 Å². The molecular weight excluding hydrogens is 294 g/mol. The van der Waals surface area contributed by atoms with Gasteiger partial charge in [0.1, 0.15) is 5.69 Å². The summed E-state index contributed by atoms with van der Waals surface area (Å²) in [5.41, 5.74) is 6.75. The van der Waals surface area contributed by atoms with Gasteiger partial charge in [-0.1, -0.05) is 0 Å². The van der Waals surface area contributed by atoms with E-state index >= 15 is 0 Å². The minimum absolute atomic E-state index is 0.00457. The summed E-state index contributed by atoms with van der Waals surface area (Å²) in [5, 5.41) is 2.98. The highest BCUT2D eigenvalue weighted by molar-refractivity contribution is 5.92. The number of hydrogen-bond donors (Lipinski definition) is 2. The number of carbonyl (C=O) groups excluding carboxylic acids is 2. The number of amides is 2. The van der Waals surface area contributed by atoms with E-state index in [1.165, 1.54) is 6.20 Å². The highest BCUT2D eigenvalue weighted by atomic mass is 16.2. The van der Waals surface area contributed by atoms with Crippen LogP contribution in [0.2, 0.25) is 0 Å². The van der Waals surface area contributed by atoms with E-state index < -0.39 is 6.04 Å². The molecule has 0 spiro atoms. The van der Waals surface area contributed by atoms with Crippen molar-refractivity contribution >= 4 is 11.8 Å². The first kappa shape index (κ1) is 17.3. The second-order valence-electron chi connectivity index (χ2n) is 6.26. The van der Waals surface area contributed by atoms with Gasteiger partial charge in [-0.25, -0.2) is 4.98 Å². The lowest BCUT2D eigenvalue weighted by atomic mass is 9.90. The summed E-state index contributed by atoms with van der Waals surface area (Å²) >= 11 is 0. The monoisotopic (exact) mass is 319 g/mol. The molecular formula is C16H25N5O2. The zero-order valence-corrected chi connectivity index (χ0v) is 14.0. The largest absolute Gasteiger partial charge is 0.348 e. The average molecular weight is 319 g/mol. The third-order valence-corrected chi connectivity index (χ3v) is 4.32. The van der Waals surface area contributed by atoms with Crippen molar-refractivity contribution in [2.24, 2.45) is 11.7 Å². The SMILES string of the molecule is Cc1cnc(C(=O)NC(C)C2CCN(C(=O)C(C)N)CC2)cn1. The van der Waals surface area contributed by atoms with E-state index in [2.05, 4.69) is 15.3 Å². The maximum absolute atomic E-state index is 12.2. The fourth-order valence-electron chi connectivity index (χ4n) is 2.82. The molecule has 1 aliphatic rings. The number of likely N-dealkylation sites (tertiary alicyclic amines) is 1. The lowest BCUT2D eigenvalue weighted by Crippen LogP contribution is -2.49. The minimum atomic E-state index is -0.455. The summed E-state index contributed by atoms with van der Waals surface area (Å²) in [6.07, 6.45) is 4.79. The van der Waals surface area contributed by atoms with Crippen molar-refractivity contribution in [3.8, 4) is 0 Å². The van der Waals surface area contributed by atoms with Gasteiger partial charge in [0.25, 0.3) is 5.91 Å². The lowest BCUT2D eigenvalue weighted by Gasteiger charge is -2.35. The van der Waals surface area contributed by atoms with Crippen molar-refractivity contribution < 1.29 is 9.59 Å². The average Bonchev–Trinajstić information content (AvgIpc) is 2.54. The third kappa shape index (κ3) is 4.48. The molecule has 2 unspecified atom stereocenters. The molecule has 1 saturated heterocycles. The fourth-order valence-corrected chi connectivity index (χ4v) is 2.82. The Morgan fingerprint density at radius 3 is 2.43 bits per heavy atom. The van der Waals surface area contributed by atoms with Gasteiger partial charge in [0.2, 0.25) is 5.91 Å². The summed E-state index contributed by atoms with van der Waals surface area (Å²) in [5.74, 6) is 0.128. The van der Waals surface area contributed by atoms with Crippen LogP contribution in [0.5, 0.6) is 0 Å². The molecule has 23 heavy (non-hydrogen) atoms. The van der Waals surface area contributed by atoms with Crippen LogP contribution in [-0.2, 0) is 4.79 Å². The van der Waals surface area contributed by atoms with E-state index in [9.17, 15) is 9.59 Å². The number of aryl methyl sites for hydroxylation is 1. The predicted molar refractivity (Wildman–Crippen MR) is 86.7 cm³/mol. The van der Waals surface area contributed by atoms with E-state index in [0.717, 1.165) is 18.5 Å². The second-order valence-corrected chi connectivity index (χ2v) is 6.26. The Bertz CT molecular complexity index is 550. The van der Waals surface area contributed by atoms with Crippen molar-refractivity contribution in [2.75, 3.05) is 13.1 Å². The Labute approximate surface area is 136 Å². The smallest absolute Gasteiger partial charge is 0.271 e. The van der Waals surface area contributed by atoms with Crippen molar-refractivity contribution in [1.29, 1.82) is 0 Å². The highest BCUT2D eigenvalue weighted by Crippen LogP contribution is 2.21. The van der Waals surface area contributed by atoms with Gasteiger partial charge in [0.05, 0.1) is 17.9 Å².